The van der Waals surface area contributed by atoms with Crippen molar-refractivity contribution < 1.29 is 18.5 Å². The molecular formula is C13H7BrF2N2O3. The summed E-state index contributed by atoms with van der Waals surface area (Å²) in [5, 5.41) is 13.1. The summed E-state index contributed by atoms with van der Waals surface area (Å²) >= 11 is 3.14. The maximum atomic E-state index is 13.1. The van der Waals surface area contributed by atoms with Crippen molar-refractivity contribution in [3.05, 3.63) is 68.2 Å². The van der Waals surface area contributed by atoms with E-state index in [-0.39, 0.29) is 16.9 Å². The molecule has 0 radical (unpaired) electrons. The van der Waals surface area contributed by atoms with Crippen LogP contribution in [0.5, 0.6) is 0 Å². The van der Waals surface area contributed by atoms with E-state index in [0.717, 1.165) is 24.3 Å². The van der Waals surface area contributed by atoms with E-state index in [2.05, 4.69) is 21.2 Å². The summed E-state index contributed by atoms with van der Waals surface area (Å²) in [7, 11) is 0. The third-order valence-electron chi connectivity index (χ3n) is 2.59. The molecule has 0 aliphatic rings. The van der Waals surface area contributed by atoms with Crippen LogP contribution >= 0.6 is 15.9 Å². The Labute approximate surface area is 125 Å². The highest BCUT2D eigenvalue weighted by atomic mass is 79.9. The van der Waals surface area contributed by atoms with Crippen molar-refractivity contribution in [2.45, 2.75) is 0 Å². The van der Waals surface area contributed by atoms with E-state index < -0.39 is 22.5 Å². The molecule has 1 N–H and O–H groups in total. The smallest absolute Gasteiger partial charge is 0.271 e. The summed E-state index contributed by atoms with van der Waals surface area (Å²) in [6, 6.07) is 6.50. The molecule has 0 aliphatic heterocycles. The highest BCUT2D eigenvalue weighted by molar-refractivity contribution is 9.10. The monoisotopic (exact) mass is 356 g/mol. The Bertz CT molecular complexity index is 737. The summed E-state index contributed by atoms with van der Waals surface area (Å²) in [5.41, 5.74) is -0.162. The quantitative estimate of drug-likeness (QED) is 0.669. The number of halogens is 3. The van der Waals surface area contributed by atoms with Gasteiger partial charge in [-0.3, -0.25) is 14.9 Å². The van der Waals surface area contributed by atoms with E-state index >= 15 is 0 Å². The largest absolute Gasteiger partial charge is 0.321 e. The fraction of sp³-hybridized carbons (Fsp3) is 0. The number of nitro groups is 1. The zero-order valence-electron chi connectivity index (χ0n) is 10.3. The van der Waals surface area contributed by atoms with Gasteiger partial charge in [-0.25, -0.2) is 8.78 Å². The molecule has 0 aromatic heterocycles. The number of nitrogens with zero attached hydrogens (tertiary/aromatic N) is 1. The molecule has 108 valence electrons. The predicted molar refractivity (Wildman–Crippen MR) is 75.1 cm³/mol. The molecule has 2 aromatic carbocycles. The van der Waals surface area contributed by atoms with Crippen molar-refractivity contribution in [2.75, 3.05) is 5.32 Å². The highest BCUT2D eigenvalue weighted by Gasteiger charge is 2.14. The van der Waals surface area contributed by atoms with Crippen LogP contribution < -0.4 is 5.32 Å². The number of rotatable bonds is 3. The van der Waals surface area contributed by atoms with E-state index in [4.69, 9.17) is 0 Å². The molecular weight excluding hydrogens is 350 g/mol. The van der Waals surface area contributed by atoms with Crippen LogP contribution in [0.25, 0.3) is 0 Å². The summed E-state index contributed by atoms with van der Waals surface area (Å²) in [6.07, 6.45) is 0. The van der Waals surface area contributed by atoms with Gasteiger partial charge in [0.2, 0.25) is 0 Å². The lowest BCUT2D eigenvalue weighted by atomic mass is 10.2. The number of anilines is 1. The van der Waals surface area contributed by atoms with Gasteiger partial charge < -0.3 is 5.32 Å². The topological polar surface area (TPSA) is 72.2 Å². The number of nitro benzene ring substituents is 1. The van der Waals surface area contributed by atoms with Crippen molar-refractivity contribution in [1.82, 2.24) is 0 Å². The number of carbonyl (C=O) groups excluding carboxylic acids is 1. The Morgan fingerprint density at radius 1 is 1.14 bits per heavy atom. The van der Waals surface area contributed by atoms with Crippen molar-refractivity contribution in [3.8, 4) is 0 Å². The van der Waals surface area contributed by atoms with Gasteiger partial charge in [0.25, 0.3) is 11.6 Å². The molecule has 2 rings (SSSR count). The van der Waals surface area contributed by atoms with Crippen LogP contribution in [0.15, 0.2) is 40.9 Å². The molecule has 0 atom stereocenters. The van der Waals surface area contributed by atoms with Crippen molar-refractivity contribution in [2.24, 2.45) is 0 Å². The van der Waals surface area contributed by atoms with E-state index in [9.17, 15) is 23.7 Å². The molecule has 0 unspecified atom stereocenters. The predicted octanol–water partition coefficient (Wildman–Crippen LogP) is 3.89. The molecule has 0 fully saturated rings. The average Bonchev–Trinajstić information content (AvgIpc) is 2.43. The standard InChI is InChI=1S/C13H7BrF2N2O3/c14-9-3-2-8(18(20)21)6-12(9)17-13(19)7-1-4-10(15)11(16)5-7/h1-6H,(H,17,19). The molecule has 8 heteroatoms. The zero-order chi connectivity index (χ0) is 15.6. The molecule has 0 spiro atoms. The molecule has 21 heavy (non-hydrogen) atoms. The number of carbonyl (C=O) groups is 1. The lowest BCUT2D eigenvalue weighted by Gasteiger charge is -2.07. The van der Waals surface area contributed by atoms with Crippen molar-refractivity contribution >= 4 is 33.2 Å². The van der Waals surface area contributed by atoms with Gasteiger partial charge in [0.1, 0.15) is 0 Å². The zero-order valence-corrected chi connectivity index (χ0v) is 11.9. The second-order valence-corrected chi connectivity index (χ2v) is 4.86. The summed E-state index contributed by atoms with van der Waals surface area (Å²) in [4.78, 5) is 22.0. The van der Waals surface area contributed by atoms with Crippen LogP contribution in [0.1, 0.15) is 10.4 Å². The third kappa shape index (κ3) is 3.40. The second kappa shape index (κ2) is 5.96. The Hall–Kier alpha value is -2.35. The summed E-state index contributed by atoms with van der Waals surface area (Å²) in [5.74, 6) is -2.93. The molecule has 1 amide bonds. The SMILES string of the molecule is O=C(Nc1cc([N+](=O)[O-])ccc1Br)c1ccc(F)c(F)c1. The Balaban J connectivity index is 2.28. The number of hydrogen-bond acceptors (Lipinski definition) is 3. The van der Waals surface area contributed by atoms with E-state index in [1.165, 1.54) is 12.1 Å². The highest BCUT2D eigenvalue weighted by Crippen LogP contribution is 2.27. The number of amides is 1. The Kier molecular flexibility index (Phi) is 4.27. The maximum absolute atomic E-state index is 13.1. The summed E-state index contributed by atoms with van der Waals surface area (Å²) in [6.45, 7) is 0. The number of nitrogens with one attached hydrogen (secondary N) is 1. The van der Waals surface area contributed by atoms with Gasteiger partial charge in [-0.05, 0) is 40.2 Å². The number of non-ortho nitro benzene ring substituents is 1. The second-order valence-electron chi connectivity index (χ2n) is 4.00. The molecule has 2 aromatic rings. The fourth-order valence-electron chi connectivity index (χ4n) is 1.55. The van der Waals surface area contributed by atoms with Crippen LogP contribution in [0.3, 0.4) is 0 Å². The lowest BCUT2D eigenvalue weighted by molar-refractivity contribution is -0.384. The first-order valence-corrected chi connectivity index (χ1v) is 6.38. The van der Waals surface area contributed by atoms with E-state index in [0.29, 0.717) is 4.47 Å². The minimum absolute atomic E-state index is 0.104. The Morgan fingerprint density at radius 2 is 1.86 bits per heavy atom. The van der Waals surface area contributed by atoms with Crippen molar-refractivity contribution in [3.63, 3.8) is 0 Å². The van der Waals surface area contributed by atoms with E-state index in [1.807, 2.05) is 0 Å². The van der Waals surface area contributed by atoms with Gasteiger partial charge in [0, 0.05) is 22.2 Å². The lowest BCUT2D eigenvalue weighted by Crippen LogP contribution is -2.13. The molecule has 0 saturated carbocycles. The van der Waals surface area contributed by atoms with Gasteiger partial charge >= 0.3 is 0 Å². The fourth-order valence-corrected chi connectivity index (χ4v) is 1.90. The third-order valence-corrected chi connectivity index (χ3v) is 3.28. The number of hydrogen-bond donors (Lipinski definition) is 1. The first-order chi connectivity index (χ1) is 9.88. The van der Waals surface area contributed by atoms with Gasteiger partial charge in [-0.2, -0.15) is 0 Å². The summed E-state index contributed by atoms with van der Waals surface area (Å²) < 4.78 is 26.3. The van der Waals surface area contributed by atoms with Crippen molar-refractivity contribution in [1.29, 1.82) is 0 Å². The first kappa shape index (κ1) is 15.0. The molecule has 0 aliphatic carbocycles. The molecule has 0 saturated heterocycles. The van der Waals surface area contributed by atoms with Crippen LogP contribution in [0.2, 0.25) is 0 Å². The van der Waals surface area contributed by atoms with Crippen LogP contribution in [0, 0.1) is 21.7 Å². The Morgan fingerprint density at radius 3 is 2.48 bits per heavy atom. The van der Waals surface area contributed by atoms with E-state index in [1.54, 1.807) is 0 Å². The minimum atomic E-state index is -1.15. The van der Waals surface area contributed by atoms with Gasteiger partial charge in [-0.1, -0.05) is 0 Å². The van der Waals surface area contributed by atoms with Crippen LogP contribution in [-0.2, 0) is 0 Å². The van der Waals surface area contributed by atoms with Gasteiger partial charge in [-0.15, -0.1) is 0 Å². The maximum Gasteiger partial charge on any atom is 0.271 e. The minimum Gasteiger partial charge on any atom is -0.321 e. The van der Waals surface area contributed by atoms with Gasteiger partial charge in [0.15, 0.2) is 11.6 Å². The molecule has 5 nitrogen and oxygen atoms in total. The van der Waals surface area contributed by atoms with Crippen LogP contribution in [-0.4, -0.2) is 10.8 Å². The van der Waals surface area contributed by atoms with Crippen LogP contribution in [0.4, 0.5) is 20.2 Å². The molecule has 0 bridgehead atoms. The van der Waals surface area contributed by atoms with Gasteiger partial charge in [0.05, 0.1) is 10.6 Å². The normalized spacial score (nSPS) is 10.2. The molecule has 0 heterocycles. The first-order valence-electron chi connectivity index (χ1n) is 5.59. The average molecular weight is 357 g/mol. The number of benzene rings is 2.